The smallest absolute Gasteiger partial charge is 0.161 e. The highest BCUT2D eigenvalue weighted by atomic mass is 16.5. The van der Waals surface area contributed by atoms with Crippen molar-refractivity contribution < 1.29 is 9.47 Å². The summed E-state index contributed by atoms with van der Waals surface area (Å²) in [4.78, 5) is 0. The second-order valence-corrected chi connectivity index (χ2v) is 5.23. The summed E-state index contributed by atoms with van der Waals surface area (Å²) in [7, 11) is 0. The summed E-state index contributed by atoms with van der Waals surface area (Å²) in [5, 5.41) is 3.44. The van der Waals surface area contributed by atoms with E-state index in [9.17, 15) is 0 Å². The van der Waals surface area contributed by atoms with Crippen molar-refractivity contribution in [1.29, 1.82) is 0 Å². The van der Waals surface area contributed by atoms with Crippen molar-refractivity contribution in [1.82, 2.24) is 5.32 Å². The molecule has 0 radical (unpaired) electrons. The third-order valence-electron chi connectivity index (χ3n) is 3.43. The number of fused-ring (bicyclic) bond motifs is 1. The monoisotopic (exact) mass is 263 g/mol. The molecule has 3 nitrogen and oxygen atoms in total. The van der Waals surface area contributed by atoms with Gasteiger partial charge in [0.25, 0.3) is 0 Å². The molecule has 3 heteroatoms. The van der Waals surface area contributed by atoms with Gasteiger partial charge in [0.1, 0.15) is 0 Å². The van der Waals surface area contributed by atoms with Crippen LogP contribution in [0.15, 0.2) is 12.1 Å². The van der Waals surface area contributed by atoms with Gasteiger partial charge >= 0.3 is 0 Å². The predicted molar refractivity (Wildman–Crippen MR) is 78.1 cm³/mol. The third-order valence-corrected chi connectivity index (χ3v) is 3.43. The van der Waals surface area contributed by atoms with Crippen LogP contribution in [0.3, 0.4) is 0 Å². The topological polar surface area (TPSA) is 30.5 Å². The van der Waals surface area contributed by atoms with Crippen LogP contribution < -0.4 is 14.8 Å². The zero-order chi connectivity index (χ0) is 13.7. The number of ether oxygens (including phenoxy) is 2. The highest BCUT2D eigenvalue weighted by Gasteiger charge is 2.19. The fourth-order valence-electron chi connectivity index (χ4n) is 2.41. The molecule has 0 amide bonds. The lowest BCUT2D eigenvalue weighted by atomic mass is 9.92. The summed E-state index contributed by atoms with van der Waals surface area (Å²) in [5.41, 5.74) is 2.74. The van der Waals surface area contributed by atoms with E-state index in [2.05, 4.69) is 38.2 Å². The van der Waals surface area contributed by atoms with Gasteiger partial charge in [0.2, 0.25) is 0 Å². The van der Waals surface area contributed by atoms with E-state index in [1.54, 1.807) is 0 Å². The summed E-state index contributed by atoms with van der Waals surface area (Å²) in [6.07, 6.45) is 2.03. The van der Waals surface area contributed by atoms with E-state index in [1.165, 1.54) is 11.1 Å². The number of nitrogens with one attached hydrogen (secondary N) is 1. The van der Waals surface area contributed by atoms with E-state index in [0.29, 0.717) is 5.92 Å². The fraction of sp³-hybridized carbons (Fsp3) is 0.625. The largest absolute Gasteiger partial charge is 0.490 e. The Morgan fingerprint density at radius 2 is 1.74 bits per heavy atom. The summed E-state index contributed by atoms with van der Waals surface area (Å²) in [6, 6.07) is 4.33. The van der Waals surface area contributed by atoms with Gasteiger partial charge in [-0.2, -0.15) is 0 Å². The molecule has 1 aliphatic heterocycles. The van der Waals surface area contributed by atoms with E-state index in [4.69, 9.17) is 9.47 Å². The van der Waals surface area contributed by atoms with Crippen LogP contribution in [-0.4, -0.2) is 19.8 Å². The lowest BCUT2D eigenvalue weighted by Crippen LogP contribution is -2.26. The maximum atomic E-state index is 5.85. The lowest BCUT2D eigenvalue weighted by molar-refractivity contribution is 0.267. The van der Waals surface area contributed by atoms with Crippen LogP contribution in [0, 0.1) is 0 Å². The minimum atomic E-state index is 0.535. The molecule has 0 spiro atoms. The van der Waals surface area contributed by atoms with Crippen LogP contribution in [0.4, 0.5) is 0 Å². The molecule has 1 aromatic rings. The van der Waals surface area contributed by atoms with E-state index >= 15 is 0 Å². The maximum Gasteiger partial charge on any atom is 0.161 e. The first kappa shape index (κ1) is 14.2. The SMILES string of the molecule is CCCOc1cc2c(cc1OCCC)C(C)CNC2. The van der Waals surface area contributed by atoms with Gasteiger partial charge in [-0.05, 0) is 42.0 Å². The third kappa shape index (κ3) is 3.41. The van der Waals surface area contributed by atoms with Gasteiger partial charge < -0.3 is 14.8 Å². The molecule has 0 aromatic heterocycles. The Labute approximate surface area is 116 Å². The predicted octanol–water partition coefficient (Wildman–Crippen LogP) is 3.47. The van der Waals surface area contributed by atoms with Crippen molar-refractivity contribution in [3.8, 4) is 11.5 Å². The van der Waals surface area contributed by atoms with Gasteiger partial charge in [-0.3, -0.25) is 0 Å². The second kappa shape index (κ2) is 6.80. The molecule has 0 saturated heterocycles. The maximum absolute atomic E-state index is 5.85. The van der Waals surface area contributed by atoms with E-state index < -0.39 is 0 Å². The van der Waals surface area contributed by atoms with E-state index in [0.717, 1.165) is 50.6 Å². The zero-order valence-corrected chi connectivity index (χ0v) is 12.3. The molecule has 0 bridgehead atoms. The Balaban J connectivity index is 2.28. The van der Waals surface area contributed by atoms with Crippen LogP contribution >= 0.6 is 0 Å². The van der Waals surface area contributed by atoms with Crippen molar-refractivity contribution in [2.24, 2.45) is 0 Å². The van der Waals surface area contributed by atoms with Crippen molar-refractivity contribution in [3.63, 3.8) is 0 Å². The molecule has 1 unspecified atom stereocenters. The number of hydrogen-bond acceptors (Lipinski definition) is 3. The van der Waals surface area contributed by atoms with Crippen LogP contribution in [0.5, 0.6) is 11.5 Å². The summed E-state index contributed by atoms with van der Waals surface area (Å²) >= 11 is 0. The molecule has 0 aliphatic carbocycles. The Morgan fingerprint density at radius 1 is 1.11 bits per heavy atom. The fourth-order valence-corrected chi connectivity index (χ4v) is 2.41. The first-order valence-electron chi connectivity index (χ1n) is 7.39. The lowest BCUT2D eigenvalue weighted by Gasteiger charge is -2.25. The number of rotatable bonds is 6. The average molecular weight is 263 g/mol. The minimum Gasteiger partial charge on any atom is -0.490 e. The molecule has 0 fully saturated rings. The van der Waals surface area contributed by atoms with Crippen molar-refractivity contribution in [3.05, 3.63) is 23.3 Å². The first-order chi connectivity index (χ1) is 9.26. The Kier molecular flexibility index (Phi) is 5.08. The van der Waals surface area contributed by atoms with Gasteiger partial charge in [0.05, 0.1) is 13.2 Å². The molecule has 1 aromatic carbocycles. The standard InChI is InChI=1S/C16H25NO2/c1-4-6-18-15-8-13-11-17-10-12(3)14(13)9-16(15)19-7-5-2/h8-9,12,17H,4-7,10-11H2,1-3H3. The molecular formula is C16H25NO2. The molecule has 0 saturated carbocycles. The summed E-state index contributed by atoms with van der Waals surface area (Å²) < 4.78 is 11.7. The van der Waals surface area contributed by atoms with Crippen molar-refractivity contribution in [2.75, 3.05) is 19.8 Å². The van der Waals surface area contributed by atoms with Gasteiger partial charge in [-0.1, -0.05) is 20.8 Å². The van der Waals surface area contributed by atoms with Gasteiger partial charge in [-0.15, -0.1) is 0 Å². The Morgan fingerprint density at radius 3 is 2.37 bits per heavy atom. The van der Waals surface area contributed by atoms with Gasteiger partial charge in [0, 0.05) is 13.1 Å². The quantitative estimate of drug-likeness (QED) is 0.852. The van der Waals surface area contributed by atoms with Crippen molar-refractivity contribution in [2.45, 2.75) is 46.1 Å². The summed E-state index contributed by atoms with van der Waals surface area (Å²) in [5.74, 6) is 2.33. The summed E-state index contributed by atoms with van der Waals surface area (Å²) in [6.45, 7) is 9.94. The minimum absolute atomic E-state index is 0.535. The van der Waals surface area contributed by atoms with Crippen LogP contribution in [0.25, 0.3) is 0 Å². The normalized spacial score (nSPS) is 17.9. The van der Waals surface area contributed by atoms with Crippen molar-refractivity contribution >= 4 is 0 Å². The zero-order valence-electron chi connectivity index (χ0n) is 12.3. The number of benzene rings is 1. The Bertz CT molecular complexity index is 417. The molecular weight excluding hydrogens is 238 g/mol. The van der Waals surface area contributed by atoms with Crippen LogP contribution in [-0.2, 0) is 6.54 Å². The van der Waals surface area contributed by atoms with Gasteiger partial charge in [0.15, 0.2) is 11.5 Å². The van der Waals surface area contributed by atoms with E-state index in [1.807, 2.05) is 0 Å². The average Bonchev–Trinajstić information content (AvgIpc) is 2.43. The molecule has 1 heterocycles. The highest BCUT2D eigenvalue weighted by molar-refractivity contribution is 5.49. The second-order valence-electron chi connectivity index (χ2n) is 5.23. The molecule has 1 N–H and O–H groups in total. The number of hydrogen-bond donors (Lipinski definition) is 1. The van der Waals surface area contributed by atoms with Crippen LogP contribution in [0.2, 0.25) is 0 Å². The molecule has 106 valence electrons. The highest BCUT2D eigenvalue weighted by Crippen LogP contribution is 2.35. The molecule has 1 aliphatic rings. The Hall–Kier alpha value is -1.22. The van der Waals surface area contributed by atoms with Crippen LogP contribution in [0.1, 0.15) is 50.7 Å². The van der Waals surface area contributed by atoms with E-state index in [-0.39, 0.29) is 0 Å². The molecule has 1 atom stereocenters. The first-order valence-corrected chi connectivity index (χ1v) is 7.39. The molecule has 19 heavy (non-hydrogen) atoms. The van der Waals surface area contributed by atoms with Gasteiger partial charge in [-0.25, -0.2) is 0 Å². The molecule has 2 rings (SSSR count).